The molecular weight excluding hydrogens is 208 g/mol. The van der Waals surface area contributed by atoms with Crippen LogP contribution in [0.4, 0.5) is 0 Å². The number of rotatable bonds is 2. The molecule has 0 spiro atoms. The Morgan fingerprint density at radius 2 is 1.56 bits per heavy atom. The van der Waals surface area contributed by atoms with Crippen LogP contribution in [0, 0.1) is 0 Å². The Bertz CT molecular complexity index is 281. The number of hydrogen-bond donors (Lipinski definition) is 2. The minimum absolute atomic E-state index is 0.355. The first-order chi connectivity index (χ1) is 7.40. The van der Waals surface area contributed by atoms with Crippen molar-refractivity contribution < 1.29 is 19.7 Å². The Morgan fingerprint density at radius 1 is 1.06 bits per heavy atom. The van der Waals surface area contributed by atoms with E-state index in [0.717, 1.165) is 5.57 Å². The number of esters is 1. The Balaban J connectivity index is 2.54. The molecule has 0 radical (unpaired) electrons. The lowest BCUT2D eigenvalue weighted by Crippen LogP contribution is -2.35. The van der Waals surface area contributed by atoms with Crippen molar-refractivity contribution >= 4 is 5.97 Å². The number of aliphatic hydroxyl groups excluding tert-OH is 2. The van der Waals surface area contributed by atoms with Crippen LogP contribution in [0.5, 0.6) is 0 Å². The first kappa shape index (κ1) is 13.2. The molecule has 0 amide bonds. The van der Waals surface area contributed by atoms with Crippen LogP contribution in [0.3, 0.4) is 0 Å². The molecule has 1 aliphatic rings. The van der Waals surface area contributed by atoms with Crippen LogP contribution in [-0.4, -0.2) is 34.5 Å². The van der Waals surface area contributed by atoms with Crippen LogP contribution >= 0.6 is 0 Å². The third-order valence-electron chi connectivity index (χ3n) is 2.94. The highest BCUT2D eigenvalue weighted by Gasteiger charge is 2.29. The minimum Gasteiger partial charge on any atom is -0.459 e. The minimum atomic E-state index is -0.575. The first-order valence-corrected chi connectivity index (χ1v) is 5.61. The van der Waals surface area contributed by atoms with Crippen molar-refractivity contribution in [3.8, 4) is 0 Å². The van der Waals surface area contributed by atoms with Gasteiger partial charge in [0.1, 0.15) is 6.10 Å². The number of allylic oxidation sites excluding steroid dienone is 1. The van der Waals surface area contributed by atoms with E-state index in [1.807, 2.05) is 13.8 Å². The van der Waals surface area contributed by atoms with Gasteiger partial charge in [-0.1, -0.05) is 5.57 Å². The standard InChI is InChI=1S/C12H20O4/c1-7(2)8(3)12(15)16-11-5-9(13)4-10(14)6-11/h9-11,13-14H,4-6H2,1-3H3. The topological polar surface area (TPSA) is 66.8 Å². The van der Waals surface area contributed by atoms with E-state index in [9.17, 15) is 15.0 Å². The van der Waals surface area contributed by atoms with E-state index in [4.69, 9.17) is 4.74 Å². The molecule has 1 fully saturated rings. The fourth-order valence-corrected chi connectivity index (χ4v) is 1.75. The summed E-state index contributed by atoms with van der Waals surface area (Å²) in [6.07, 6.45) is -0.324. The van der Waals surface area contributed by atoms with Gasteiger partial charge in [-0.2, -0.15) is 0 Å². The molecule has 1 rings (SSSR count). The molecule has 0 aromatic carbocycles. The van der Waals surface area contributed by atoms with Crippen molar-refractivity contribution in [3.63, 3.8) is 0 Å². The van der Waals surface area contributed by atoms with Crippen molar-refractivity contribution in [1.29, 1.82) is 0 Å². The van der Waals surface area contributed by atoms with Gasteiger partial charge in [0.25, 0.3) is 0 Å². The van der Waals surface area contributed by atoms with Gasteiger partial charge in [-0.3, -0.25) is 0 Å². The summed E-state index contributed by atoms with van der Waals surface area (Å²) in [6.45, 7) is 5.41. The van der Waals surface area contributed by atoms with Crippen LogP contribution in [0.1, 0.15) is 40.0 Å². The van der Waals surface area contributed by atoms with Crippen LogP contribution in [0.15, 0.2) is 11.1 Å². The lowest BCUT2D eigenvalue weighted by molar-refractivity contribution is -0.150. The van der Waals surface area contributed by atoms with Crippen LogP contribution in [-0.2, 0) is 9.53 Å². The molecule has 0 aliphatic heterocycles. The summed E-state index contributed by atoms with van der Waals surface area (Å²) in [5, 5.41) is 18.9. The molecule has 4 nitrogen and oxygen atoms in total. The average Bonchev–Trinajstić information content (AvgIpc) is 2.14. The van der Waals surface area contributed by atoms with Gasteiger partial charge in [0, 0.05) is 18.4 Å². The van der Waals surface area contributed by atoms with Gasteiger partial charge in [0.2, 0.25) is 0 Å². The summed E-state index contributed by atoms with van der Waals surface area (Å²) in [4.78, 5) is 11.6. The summed E-state index contributed by atoms with van der Waals surface area (Å²) in [7, 11) is 0. The lowest BCUT2D eigenvalue weighted by Gasteiger charge is -2.29. The molecule has 92 valence electrons. The fraction of sp³-hybridized carbons (Fsp3) is 0.750. The van der Waals surface area contributed by atoms with E-state index < -0.39 is 12.2 Å². The second kappa shape index (κ2) is 5.46. The predicted octanol–water partition coefficient (Wildman–Crippen LogP) is 1.16. The monoisotopic (exact) mass is 228 g/mol. The second-order valence-electron chi connectivity index (χ2n) is 4.67. The van der Waals surface area contributed by atoms with E-state index in [1.54, 1.807) is 6.92 Å². The van der Waals surface area contributed by atoms with Gasteiger partial charge in [0.05, 0.1) is 12.2 Å². The summed E-state index contributed by atoms with van der Waals surface area (Å²) in [6, 6.07) is 0. The molecule has 4 heteroatoms. The molecule has 0 saturated heterocycles. The predicted molar refractivity (Wildman–Crippen MR) is 59.8 cm³/mol. The maximum Gasteiger partial charge on any atom is 0.333 e. The Hall–Kier alpha value is -0.870. The third kappa shape index (κ3) is 3.61. The van der Waals surface area contributed by atoms with Crippen LogP contribution in [0.2, 0.25) is 0 Å². The maximum atomic E-state index is 11.6. The van der Waals surface area contributed by atoms with Gasteiger partial charge in [-0.05, 0) is 27.2 Å². The smallest absolute Gasteiger partial charge is 0.333 e. The molecule has 2 unspecified atom stereocenters. The van der Waals surface area contributed by atoms with Crippen molar-refractivity contribution in [2.24, 2.45) is 0 Å². The van der Waals surface area contributed by atoms with Crippen molar-refractivity contribution in [2.45, 2.75) is 58.3 Å². The molecule has 1 saturated carbocycles. The summed E-state index contributed by atoms with van der Waals surface area (Å²) < 4.78 is 5.24. The summed E-state index contributed by atoms with van der Waals surface area (Å²) >= 11 is 0. The fourth-order valence-electron chi connectivity index (χ4n) is 1.75. The van der Waals surface area contributed by atoms with Gasteiger partial charge in [0.15, 0.2) is 0 Å². The molecule has 0 bridgehead atoms. The van der Waals surface area contributed by atoms with E-state index in [1.165, 1.54) is 0 Å². The van der Waals surface area contributed by atoms with Crippen LogP contribution < -0.4 is 0 Å². The molecular formula is C12H20O4. The molecule has 1 aliphatic carbocycles. The van der Waals surface area contributed by atoms with Crippen molar-refractivity contribution in [3.05, 3.63) is 11.1 Å². The molecule has 16 heavy (non-hydrogen) atoms. The maximum absolute atomic E-state index is 11.6. The quantitative estimate of drug-likeness (QED) is 0.550. The molecule has 0 heterocycles. The Labute approximate surface area is 95.9 Å². The highest BCUT2D eigenvalue weighted by molar-refractivity contribution is 5.88. The second-order valence-corrected chi connectivity index (χ2v) is 4.67. The van der Waals surface area contributed by atoms with Gasteiger partial charge in [-0.25, -0.2) is 4.79 Å². The van der Waals surface area contributed by atoms with E-state index in [2.05, 4.69) is 0 Å². The van der Waals surface area contributed by atoms with E-state index in [0.29, 0.717) is 24.8 Å². The number of hydrogen-bond acceptors (Lipinski definition) is 4. The zero-order chi connectivity index (χ0) is 12.3. The third-order valence-corrected chi connectivity index (χ3v) is 2.94. The molecule has 2 N–H and O–H groups in total. The molecule has 2 atom stereocenters. The normalized spacial score (nSPS) is 29.7. The largest absolute Gasteiger partial charge is 0.459 e. The van der Waals surface area contributed by atoms with Crippen molar-refractivity contribution in [1.82, 2.24) is 0 Å². The zero-order valence-electron chi connectivity index (χ0n) is 10.1. The highest BCUT2D eigenvalue weighted by Crippen LogP contribution is 2.22. The van der Waals surface area contributed by atoms with E-state index >= 15 is 0 Å². The number of carbonyl (C=O) groups is 1. The zero-order valence-corrected chi connectivity index (χ0v) is 10.1. The first-order valence-electron chi connectivity index (χ1n) is 5.61. The van der Waals surface area contributed by atoms with Gasteiger partial charge >= 0.3 is 5.97 Å². The van der Waals surface area contributed by atoms with Gasteiger partial charge < -0.3 is 14.9 Å². The number of carbonyl (C=O) groups excluding carboxylic acids is 1. The van der Waals surface area contributed by atoms with Gasteiger partial charge in [-0.15, -0.1) is 0 Å². The number of ether oxygens (including phenoxy) is 1. The lowest BCUT2D eigenvalue weighted by atomic mass is 9.92. The van der Waals surface area contributed by atoms with Crippen LogP contribution in [0.25, 0.3) is 0 Å². The van der Waals surface area contributed by atoms with E-state index in [-0.39, 0.29) is 12.1 Å². The van der Waals surface area contributed by atoms with Crippen molar-refractivity contribution in [2.75, 3.05) is 0 Å². The summed E-state index contributed by atoms with van der Waals surface area (Å²) in [5.74, 6) is -0.355. The SMILES string of the molecule is CC(C)=C(C)C(=O)OC1CC(O)CC(O)C1. The summed E-state index contributed by atoms with van der Waals surface area (Å²) in [5.41, 5.74) is 1.51. The molecule has 0 aromatic rings. The number of aliphatic hydroxyl groups is 2. The average molecular weight is 228 g/mol. The Kier molecular flexibility index (Phi) is 4.50. The Morgan fingerprint density at radius 3 is 2.00 bits per heavy atom. The molecule has 0 aromatic heterocycles. The highest BCUT2D eigenvalue weighted by atomic mass is 16.5.